The number of allylic oxidation sites excluding steroid dienone is 2. The normalized spacial score (nSPS) is 37.0. The summed E-state index contributed by atoms with van der Waals surface area (Å²) in [5.74, 6) is 2.46. The smallest absolute Gasteiger partial charge is 0.0135 e. The summed E-state index contributed by atoms with van der Waals surface area (Å²) in [7, 11) is 0. The van der Waals surface area contributed by atoms with E-state index in [-0.39, 0.29) is 0 Å². The fourth-order valence-electron chi connectivity index (χ4n) is 5.98. The molecule has 120 valence electrons. The summed E-state index contributed by atoms with van der Waals surface area (Å²) in [6.45, 7) is 15.8. The average molecular weight is 290 g/mol. The van der Waals surface area contributed by atoms with Crippen LogP contribution in [-0.4, -0.2) is 23.5 Å². The van der Waals surface area contributed by atoms with Crippen molar-refractivity contribution >= 4 is 0 Å². The number of fused-ring (bicyclic) bond motifs is 2. The fraction of sp³-hybridized carbons (Fsp3) is 0.900. The molecular weight excluding hydrogens is 254 g/mol. The third-order valence-electron chi connectivity index (χ3n) is 6.85. The van der Waals surface area contributed by atoms with Gasteiger partial charge in [-0.2, -0.15) is 0 Å². The van der Waals surface area contributed by atoms with Crippen molar-refractivity contribution in [2.75, 3.05) is 6.54 Å². The second kappa shape index (κ2) is 5.41. The van der Waals surface area contributed by atoms with Crippen LogP contribution in [0.1, 0.15) is 73.6 Å². The Morgan fingerprint density at radius 3 is 2.14 bits per heavy atom. The monoisotopic (exact) mass is 289 g/mol. The Morgan fingerprint density at radius 1 is 0.952 bits per heavy atom. The molecule has 2 fully saturated rings. The van der Waals surface area contributed by atoms with Crippen LogP contribution in [0.4, 0.5) is 0 Å². The predicted molar refractivity (Wildman–Crippen MR) is 91.3 cm³/mol. The van der Waals surface area contributed by atoms with Crippen LogP contribution in [0.5, 0.6) is 0 Å². The van der Waals surface area contributed by atoms with E-state index in [1.165, 1.54) is 38.6 Å². The highest BCUT2D eigenvalue weighted by Gasteiger charge is 2.57. The van der Waals surface area contributed by atoms with Crippen molar-refractivity contribution in [3.05, 3.63) is 11.1 Å². The van der Waals surface area contributed by atoms with Crippen LogP contribution in [-0.2, 0) is 0 Å². The summed E-state index contributed by atoms with van der Waals surface area (Å²) in [5, 5.41) is 0. The Bertz CT molecular complexity index is 431. The van der Waals surface area contributed by atoms with E-state index >= 15 is 0 Å². The van der Waals surface area contributed by atoms with Gasteiger partial charge in [0.1, 0.15) is 0 Å². The first-order valence-corrected chi connectivity index (χ1v) is 9.37. The number of hydrogen-bond acceptors (Lipinski definition) is 1. The molecule has 1 heterocycles. The van der Waals surface area contributed by atoms with Gasteiger partial charge in [-0.3, -0.25) is 4.90 Å². The molecule has 1 spiro atoms. The van der Waals surface area contributed by atoms with Gasteiger partial charge in [0.05, 0.1) is 0 Å². The lowest BCUT2D eigenvalue weighted by Gasteiger charge is -2.60. The predicted octanol–water partition coefficient (Wildman–Crippen LogP) is 5.27. The van der Waals surface area contributed by atoms with Crippen LogP contribution in [0.3, 0.4) is 0 Å². The second-order valence-electron chi connectivity index (χ2n) is 8.74. The minimum atomic E-state index is 0.585. The van der Waals surface area contributed by atoms with Gasteiger partial charge in [-0.15, -0.1) is 0 Å². The maximum Gasteiger partial charge on any atom is 0.0135 e. The Morgan fingerprint density at radius 2 is 1.67 bits per heavy atom. The zero-order valence-corrected chi connectivity index (χ0v) is 15.1. The molecule has 1 nitrogen and oxygen atoms in total. The molecule has 1 aliphatic heterocycles. The second-order valence-corrected chi connectivity index (χ2v) is 8.74. The van der Waals surface area contributed by atoms with Gasteiger partial charge >= 0.3 is 0 Å². The van der Waals surface area contributed by atoms with Crippen molar-refractivity contribution < 1.29 is 0 Å². The summed E-state index contributed by atoms with van der Waals surface area (Å²) in [4.78, 5) is 2.81. The van der Waals surface area contributed by atoms with Crippen molar-refractivity contribution in [2.24, 2.45) is 23.2 Å². The lowest BCUT2D eigenvalue weighted by atomic mass is 9.54. The Labute approximate surface area is 132 Å². The summed E-state index contributed by atoms with van der Waals surface area (Å²) in [6.07, 6.45) is 7.20. The molecule has 0 bridgehead atoms. The van der Waals surface area contributed by atoms with E-state index in [0.29, 0.717) is 5.41 Å². The fourth-order valence-corrected chi connectivity index (χ4v) is 5.98. The van der Waals surface area contributed by atoms with Crippen molar-refractivity contribution in [3.8, 4) is 0 Å². The van der Waals surface area contributed by atoms with E-state index in [2.05, 4.69) is 46.4 Å². The van der Waals surface area contributed by atoms with E-state index < -0.39 is 0 Å². The molecule has 0 aromatic rings. The zero-order chi connectivity index (χ0) is 15.4. The Kier molecular flexibility index (Phi) is 4.01. The molecule has 0 aromatic heterocycles. The summed E-state index contributed by atoms with van der Waals surface area (Å²) in [6, 6.07) is 1.62. The van der Waals surface area contributed by atoms with E-state index in [1.54, 1.807) is 0 Å². The van der Waals surface area contributed by atoms with Gasteiger partial charge < -0.3 is 0 Å². The van der Waals surface area contributed by atoms with Crippen LogP contribution in [0.2, 0.25) is 0 Å². The molecule has 3 rings (SSSR count). The van der Waals surface area contributed by atoms with Gasteiger partial charge in [0.15, 0.2) is 0 Å². The largest absolute Gasteiger partial charge is 0.298 e. The highest BCUT2D eigenvalue weighted by molar-refractivity contribution is 5.34. The van der Waals surface area contributed by atoms with Gasteiger partial charge in [0.2, 0.25) is 0 Å². The number of hydrogen-bond donors (Lipinski definition) is 0. The highest BCUT2D eigenvalue weighted by atomic mass is 15.2. The van der Waals surface area contributed by atoms with Crippen LogP contribution in [0, 0.1) is 23.2 Å². The lowest BCUT2D eigenvalue weighted by molar-refractivity contribution is -0.0767. The molecule has 0 N–H and O–H groups in total. The minimum absolute atomic E-state index is 0.585. The lowest BCUT2D eigenvalue weighted by Crippen LogP contribution is -2.61. The zero-order valence-electron chi connectivity index (χ0n) is 15.1. The molecule has 3 atom stereocenters. The van der Waals surface area contributed by atoms with Crippen LogP contribution >= 0.6 is 0 Å². The molecule has 2 aliphatic carbocycles. The molecule has 3 aliphatic rings. The quantitative estimate of drug-likeness (QED) is 0.640. The van der Waals surface area contributed by atoms with Crippen LogP contribution in [0.15, 0.2) is 11.1 Å². The molecule has 1 saturated heterocycles. The standard InChI is InChI=1S/C20H35N/c1-13(2)16-9-10-20(19(16)14(3)4)11-12-21(15(5)6)18-8-7-17(18)20/h13-15,17-18H,7-12H2,1-6H3/t17-,18+,20?/m1/s1. The molecule has 0 amide bonds. The number of piperidine rings is 1. The van der Waals surface area contributed by atoms with E-state index in [1.807, 2.05) is 11.1 Å². The van der Waals surface area contributed by atoms with Crippen molar-refractivity contribution in [2.45, 2.75) is 85.7 Å². The van der Waals surface area contributed by atoms with E-state index in [0.717, 1.165) is 29.8 Å². The third kappa shape index (κ3) is 2.22. The van der Waals surface area contributed by atoms with Crippen molar-refractivity contribution in [3.63, 3.8) is 0 Å². The molecular formula is C20H35N. The number of nitrogens with zero attached hydrogens (tertiary/aromatic N) is 1. The van der Waals surface area contributed by atoms with Crippen molar-refractivity contribution in [1.82, 2.24) is 4.90 Å². The molecule has 0 radical (unpaired) electrons. The van der Waals surface area contributed by atoms with Gasteiger partial charge in [0, 0.05) is 12.1 Å². The summed E-state index contributed by atoms with van der Waals surface area (Å²) >= 11 is 0. The number of rotatable bonds is 3. The molecule has 1 heteroatoms. The Balaban J connectivity index is 1.95. The molecule has 1 saturated carbocycles. The number of likely N-dealkylation sites (tertiary alicyclic amines) is 1. The van der Waals surface area contributed by atoms with Crippen molar-refractivity contribution in [1.29, 1.82) is 0 Å². The van der Waals surface area contributed by atoms with Crippen LogP contribution in [0.25, 0.3) is 0 Å². The first-order chi connectivity index (χ1) is 9.88. The maximum atomic E-state index is 2.81. The summed E-state index contributed by atoms with van der Waals surface area (Å²) in [5.41, 5.74) is 4.31. The molecule has 21 heavy (non-hydrogen) atoms. The van der Waals surface area contributed by atoms with E-state index in [4.69, 9.17) is 0 Å². The molecule has 1 unspecified atom stereocenters. The van der Waals surface area contributed by atoms with E-state index in [9.17, 15) is 0 Å². The average Bonchev–Trinajstić information content (AvgIpc) is 2.71. The highest BCUT2D eigenvalue weighted by Crippen LogP contribution is 2.62. The third-order valence-corrected chi connectivity index (χ3v) is 6.85. The van der Waals surface area contributed by atoms with Gasteiger partial charge in [-0.25, -0.2) is 0 Å². The first kappa shape index (κ1) is 15.6. The van der Waals surface area contributed by atoms with Crippen LogP contribution < -0.4 is 0 Å². The Hall–Kier alpha value is -0.300. The van der Waals surface area contributed by atoms with Gasteiger partial charge in [-0.1, -0.05) is 38.8 Å². The topological polar surface area (TPSA) is 3.24 Å². The first-order valence-electron chi connectivity index (χ1n) is 9.37. The maximum absolute atomic E-state index is 2.81. The molecule has 0 aromatic carbocycles. The van der Waals surface area contributed by atoms with Gasteiger partial charge in [-0.05, 0) is 75.7 Å². The SMILES string of the molecule is CC(C)C1=C(C(C)C)C2(CC1)CCN(C(C)C)[C@H]1CC[C@H]12. The van der Waals surface area contributed by atoms with Gasteiger partial charge in [0.25, 0.3) is 0 Å². The summed E-state index contributed by atoms with van der Waals surface area (Å²) < 4.78 is 0. The minimum Gasteiger partial charge on any atom is -0.298 e.